The summed E-state index contributed by atoms with van der Waals surface area (Å²) in [6.45, 7) is 5.78. The standard InChI is InChI=1S/C63H102O12/c1-4-7-10-13-16-19-21-23-25-27-28-30-31-33-35-38-40-43-46-49-55(64)71-52-54(73-56(65)50-47-44-41-37-18-15-12-9-6-3)53-72-63-61(59(68)58(67)60(75-63)62(69)70)74-57(66)51-48-45-42-39-36-34-32-29-26-24-22-20-17-14-11-8-5-2/h8,11,16-17,19-20,23-26,28,30,32,34,39,42,54,58-61,63,67-68H,4-7,9-10,12-15,18,21-22,27,29,31,33,35-38,40-41,43-53H2,1-3H3,(H,69,70)/b11-8-,19-16-,20-17-,25-23-,26-24-,30-28-,34-32-,42-39-. The first kappa shape index (κ1) is 68.7. The van der Waals surface area contributed by atoms with Crippen LogP contribution >= 0.6 is 0 Å². The van der Waals surface area contributed by atoms with E-state index in [4.69, 9.17) is 23.7 Å². The molecular formula is C63H102O12. The highest BCUT2D eigenvalue weighted by atomic mass is 16.7. The number of carboxylic acid groups (broad SMARTS) is 1. The van der Waals surface area contributed by atoms with Gasteiger partial charge in [0.05, 0.1) is 6.61 Å². The minimum Gasteiger partial charge on any atom is -0.479 e. The lowest BCUT2D eigenvalue weighted by Gasteiger charge is -2.40. The summed E-state index contributed by atoms with van der Waals surface area (Å²) in [5.74, 6) is -3.22. The molecule has 1 heterocycles. The molecule has 6 atom stereocenters. The van der Waals surface area contributed by atoms with Crippen LogP contribution in [0.2, 0.25) is 0 Å². The Kier molecular flexibility index (Phi) is 46.2. The summed E-state index contributed by atoms with van der Waals surface area (Å²) in [6, 6.07) is 0. The molecule has 0 aromatic heterocycles. The second kappa shape index (κ2) is 50.5. The SMILES string of the molecule is CC/C=C\C/C=C\C/C=C\C/C=C\C/C=C\CCCC(=O)OC1C(OCC(COC(=O)CCCCCCCC/C=C\C/C=C\C/C=C\CCCCC)OC(=O)CCCCCCCCCCC)OC(C(=O)O)C(O)C1O. The minimum atomic E-state index is -1.93. The number of allylic oxidation sites excluding steroid dienone is 16. The van der Waals surface area contributed by atoms with Crippen LogP contribution in [0.1, 0.15) is 226 Å². The molecule has 0 aromatic carbocycles. The van der Waals surface area contributed by atoms with E-state index >= 15 is 0 Å². The summed E-state index contributed by atoms with van der Waals surface area (Å²) in [4.78, 5) is 51.0. The van der Waals surface area contributed by atoms with Crippen LogP contribution in [-0.2, 0) is 42.9 Å². The highest BCUT2D eigenvalue weighted by Gasteiger charge is 2.50. The molecule has 75 heavy (non-hydrogen) atoms. The number of hydrogen-bond donors (Lipinski definition) is 3. The third-order valence-corrected chi connectivity index (χ3v) is 12.6. The highest BCUT2D eigenvalue weighted by molar-refractivity contribution is 5.74. The first-order valence-corrected chi connectivity index (χ1v) is 29.2. The zero-order valence-corrected chi connectivity index (χ0v) is 46.8. The van der Waals surface area contributed by atoms with Crippen molar-refractivity contribution in [3.05, 3.63) is 97.2 Å². The summed E-state index contributed by atoms with van der Waals surface area (Å²) in [5, 5.41) is 31.4. The summed E-state index contributed by atoms with van der Waals surface area (Å²) >= 11 is 0. The van der Waals surface area contributed by atoms with Gasteiger partial charge in [-0.15, -0.1) is 0 Å². The van der Waals surface area contributed by atoms with E-state index < -0.39 is 67.3 Å². The molecule has 0 spiro atoms. The normalized spacial score (nSPS) is 18.9. The Morgan fingerprint density at radius 1 is 0.453 bits per heavy atom. The molecule has 426 valence electrons. The Labute approximate surface area is 453 Å². The maximum atomic E-state index is 13.1. The van der Waals surface area contributed by atoms with Gasteiger partial charge in [-0.3, -0.25) is 14.4 Å². The Morgan fingerprint density at radius 3 is 1.35 bits per heavy atom. The van der Waals surface area contributed by atoms with Gasteiger partial charge in [0.25, 0.3) is 0 Å². The Balaban J connectivity index is 2.69. The largest absolute Gasteiger partial charge is 0.479 e. The van der Waals surface area contributed by atoms with Crippen molar-refractivity contribution in [3.63, 3.8) is 0 Å². The van der Waals surface area contributed by atoms with Crippen LogP contribution in [0.25, 0.3) is 0 Å². The van der Waals surface area contributed by atoms with E-state index in [9.17, 15) is 34.5 Å². The zero-order valence-electron chi connectivity index (χ0n) is 46.8. The Hall–Kier alpha value is -4.36. The number of aliphatic hydroxyl groups excluding tert-OH is 2. The molecule has 0 radical (unpaired) electrons. The van der Waals surface area contributed by atoms with Crippen LogP contribution in [0.5, 0.6) is 0 Å². The second-order valence-electron chi connectivity index (χ2n) is 19.5. The number of esters is 3. The number of carbonyl (C=O) groups is 4. The van der Waals surface area contributed by atoms with Gasteiger partial charge in [0.15, 0.2) is 24.6 Å². The maximum absolute atomic E-state index is 13.1. The zero-order chi connectivity index (χ0) is 54.7. The van der Waals surface area contributed by atoms with E-state index in [1.807, 2.05) is 12.2 Å². The topological polar surface area (TPSA) is 175 Å². The molecule has 1 aliphatic heterocycles. The Morgan fingerprint density at radius 2 is 0.853 bits per heavy atom. The molecule has 12 heteroatoms. The molecule has 3 N–H and O–H groups in total. The lowest BCUT2D eigenvalue weighted by molar-refractivity contribution is -0.301. The number of rotatable bonds is 48. The van der Waals surface area contributed by atoms with E-state index in [1.165, 1.54) is 57.8 Å². The third kappa shape index (κ3) is 40.6. The number of aliphatic carboxylic acids is 1. The predicted molar refractivity (Wildman–Crippen MR) is 303 cm³/mol. The van der Waals surface area contributed by atoms with Crippen molar-refractivity contribution < 1.29 is 58.2 Å². The highest BCUT2D eigenvalue weighted by Crippen LogP contribution is 2.26. The molecule has 0 amide bonds. The predicted octanol–water partition coefficient (Wildman–Crippen LogP) is 14.9. The number of carbonyl (C=O) groups excluding carboxylic acids is 3. The molecule has 1 saturated heterocycles. The van der Waals surface area contributed by atoms with Gasteiger partial charge in [0.2, 0.25) is 0 Å². The van der Waals surface area contributed by atoms with E-state index in [-0.39, 0.29) is 25.9 Å². The molecule has 1 fully saturated rings. The first-order valence-electron chi connectivity index (χ1n) is 29.2. The van der Waals surface area contributed by atoms with Gasteiger partial charge in [0, 0.05) is 19.3 Å². The molecule has 0 aromatic rings. The second-order valence-corrected chi connectivity index (χ2v) is 19.5. The fourth-order valence-electron chi connectivity index (χ4n) is 8.17. The van der Waals surface area contributed by atoms with Crippen LogP contribution in [0, 0.1) is 0 Å². The van der Waals surface area contributed by atoms with Crippen LogP contribution in [0.15, 0.2) is 97.2 Å². The lowest BCUT2D eigenvalue weighted by atomic mass is 9.98. The van der Waals surface area contributed by atoms with Crippen LogP contribution in [0.3, 0.4) is 0 Å². The average molecular weight is 1050 g/mol. The van der Waals surface area contributed by atoms with E-state index in [1.54, 1.807) is 0 Å². The number of unbranched alkanes of at least 4 members (excludes halogenated alkanes) is 18. The molecule has 1 rings (SSSR count). The van der Waals surface area contributed by atoms with E-state index in [0.717, 1.165) is 103 Å². The van der Waals surface area contributed by atoms with Crippen LogP contribution in [-0.4, -0.2) is 89.2 Å². The molecule has 6 unspecified atom stereocenters. The lowest BCUT2D eigenvalue weighted by Crippen LogP contribution is -2.61. The van der Waals surface area contributed by atoms with Gasteiger partial charge in [-0.1, -0.05) is 208 Å². The van der Waals surface area contributed by atoms with Gasteiger partial charge in [-0.25, -0.2) is 4.79 Å². The molecule has 0 saturated carbocycles. The van der Waals surface area contributed by atoms with E-state index in [0.29, 0.717) is 25.7 Å². The van der Waals surface area contributed by atoms with E-state index in [2.05, 4.69) is 106 Å². The van der Waals surface area contributed by atoms with Crippen LogP contribution < -0.4 is 0 Å². The van der Waals surface area contributed by atoms with Crippen molar-refractivity contribution in [2.24, 2.45) is 0 Å². The van der Waals surface area contributed by atoms with Crippen molar-refractivity contribution in [2.75, 3.05) is 13.2 Å². The molecule has 0 bridgehead atoms. The Bertz CT molecular complexity index is 1670. The monoisotopic (exact) mass is 1050 g/mol. The molecule has 12 nitrogen and oxygen atoms in total. The van der Waals surface area contributed by atoms with Gasteiger partial charge >= 0.3 is 23.9 Å². The number of aliphatic hydroxyl groups is 2. The average Bonchev–Trinajstić information content (AvgIpc) is 3.39. The first-order chi connectivity index (χ1) is 36.6. The van der Waals surface area contributed by atoms with Gasteiger partial charge in [-0.05, 0) is 96.3 Å². The molecule has 0 aliphatic carbocycles. The maximum Gasteiger partial charge on any atom is 0.335 e. The fraction of sp³-hybridized carbons (Fsp3) is 0.683. The summed E-state index contributed by atoms with van der Waals surface area (Å²) in [5.41, 5.74) is 0. The summed E-state index contributed by atoms with van der Waals surface area (Å²) in [7, 11) is 0. The number of ether oxygens (including phenoxy) is 5. The number of carboxylic acids is 1. The molecular weight excluding hydrogens is 949 g/mol. The number of hydrogen-bond acceptors (Lipinski definition) is 11. The van der Waals surface area contributed by atoms with Gasteiger partial charge < -0.3 is 39.0 Å². The van der Waals surface area contributed by atoms with Crippen molar-refractivity contribution in [1.82, 2.24) is 0 Å². The van der Waals surface area contributed by atoms with Crippen LogP contribution in [0.4, 0.5) is 0 Å². The summed E-state index contributed by atoms with van der Waals surface area (Å²) < 4.78 is 28.3. The summed E-state index contributed by atoms with van der Waals surface area (Å²) in [6.07, 6.45) is 53.9. The quantitative estimate of drug-likeness (QED) is 0.0228. The molecule has 1 aliphatic rings. The van der Waals surface area contributed by atoms with Gasteiger partial charge in [-0.2, -0.15) is 0 Å². The van der Waals surface area contributed by atoms with Crippen molar-refractivity contribution >= 4 is 23.9 Å². The minimum absolute atomic E-state index is 0.0222. The van der Waals surface area contributed by atoms with Crippen molar-refractivity contribution in [1.29, 1.82) is 0 Å². The fourth-order valence-corrected chi connectivity index (χ4v) is 8.17. The smallest absolute Gasteiger partial charge is 0.335 e. The van der Waals surface area contributed by atoms with Crippen molar-refractivity contribution in [2.45, 2.75) is 263 Å². The third-order valence-electron chi connectivity index (χ3n) is 12.6. The van der Waals surface area contributed by atoms with Crippen molar-refractivity contribution in [3.8, 4) is 0 Å². The van der Waals surface area contributed by atoms with Gasteiger partial charge in [0.1, 0.15) is 18.8 Å².